The van der Waals surface area contributed by atoms with E-state index in [-0.39, 0.29) is 38.2 Å². The molecule has 0 amide bonds. The normalized spacial score (nSPS) is 12.8. The highest BCUT2D eigenvalue weighted by Gasteiger charge is 2.25. The second-order valence-electron chi connectivity index (χ2n) is 31.5. The molecule has 0 aliphatic carbocycles. The van der Waals surface area contributed by atoms with Crippen molar-refractivity contribution in [2.75, 3.05) is 47.5 Å². The molecule has 0 aromatic heterocycles. The molecule has 1 N–H and O–H groups in total. The van der Waals surface area contributed by atoms with Crippen LogP contribution < -0.4 is 0 Å². The number of hydrogen-bond donors (Lipinski definition) is 1. The van der Waals surface area contributed by atoms with Crippen LogP contribution in [0.15, 0.2) is 48.6 Å². The lowest BCUT2D eigenvalue weighted by Gasteiger charge is -2.25. The van der Waals surface area contributed by atoms with Gasteiger partial charge < -0.3 is 28.5 Å². The zero-order valence-electron chi connectivity index (χ0n) is 67.6. The Bertz CT molecular complexity index is 1790. The van der Waals surface area contributed by atoms with Gasteiger partial charge in [-0.2, -0.15) is 0 Å². The highest BCUT2D eigenvalue weighted by molar-refractivity contribution is 5.71. The molecule has 0 aliphatic rings. The Kier molecular flexibility index (Phi) is 79.7. The van der Waals surface area contributed by atoms with Gasteiger partial charge in [-0.15, -0.1) is 0 Å². The highest BCUT2D eigenvalue weighted by Crippen LogP contribution is 2.21. The fourth-order valence-corrected chi connectivity index (χ4v) is 13.7. The summed E-state index contributed by atoms with van der Waals surface area (Å²) in [4.78, 5) is 37.8. The molecule has 0 heterocycles. The second kappa shape index (κ2) is 81.9. The molecular weight excluding hydrogens is 1230 g/mol. The van der Waals surface area contributed by atoms with Gasteiger partial charge in [-0.1, -0.05) is 441 Å². The van der Waals surface area contributed by atoms with E-state index in [2.05, 4.69) is 62.5 Å². The third-order valence-electron chi connectivity index (χ3n) is 20.3. The van der Waals surface area contributed by atoms with E-state index in [1.807, 2.05) is 21.1 Å². The Morgan fingerprint density at radius 2 is 0.570 bits per heavy atom. The predicted molar refractivity (Wildman–Crippen MR) is 434 cm³/mol. The average molecular weight is 1410 g/mol. The Hall–Kier alpha value is -2.75. The van der Waals surface area contributed by atoms with Crippen molar-refractivity contribution >= 4 is 17.9 Å². The first kappa shape index (κ1) is 97.2. The molecule has 9 heteroatoms. The molecule has 100 heavy (non-hydrogen) atoms. The Morgan fingerprint density at radius 3 is 0.850 bits per heavy atom. The van der Waals surface area contributed by atoms with Gasteiger partial charge in [-0.3, -0.25) is 9.59 Å². The van der Waals surface area contributed by atoms with Crippen LogP contribution in [0, 0.1) is 0 Å². The number of unbranched alkanes of at least 4 members (excludes halogenated alkanes) is 61. The molecule has 0 spiro atoms. The van der Waals surface area contributed by atoms with Crippen LogP contribution in [0.4, 0.5) is 0 Å². The third-order valence-corrected chi connectivity index (χ3v) is 20.3. The maximum atomic E-state index is 13.0. The summed E-state index contributed by atoms with van der Waals surface area (Å²) in [6.45, 7) is 4.86. The number of quaternary nitrogens is 1. The molecule has 0 saturated heterocycles. The molecule has 588 valence electrons. The van der Waals surface area contributed by atoms with Crippen LogP contribution in [-0.2, 0) is 33.3 Å². The van der Waals surface area contributed by atoms with E-state index in [1.165, 1.54) is 366 Å². The van der Waals surface area contributed by atoms with Gasteiger partial charge in [0.15, 0.2) is 6.10 Å². The second-order valence-corrected chi connectivity index (χ2v) is 31.5. The number of aliphatic carboxylic acids is 1. The summed E-state index contributed by atoms with van der Waals surface area (Å²) in [7, 11) is 6.01. The van der Waals surface area contributed by atoms with Crippen LogP contribution in [0.2, 0.25) is 0 Å². The number of nitrogens with zero attached hydrogens (tertiary/aromatic N) is 1. The molecule has 0 aromatic carbocycles. The fraction of sp³-hybridized carbons (Fsp3) is 0.879. The Balaban J connectivity index is 3.90. The van der Waals surface area contributed by atoms with Crippen LogP contribution in [0.1, 0.15) is 457 Å². The Labute approximate surface area is 623 Å². The summed E-state index contributed by atoms with van der Waals surface area (Å²) >= 11 is 0. The van der Waals surface area contributed by atoms with Gasteiger partial charge in [0.1, 0.15) is 13.2 Å². The molecule has 0 aromatic rings. The van der Waals surface area contributed by atoms with Crippen molar-refractivity contribution in [3.63, 3.8) is 0 Å². The van der Waals surface area contributed by atoms with Crippen molar-refractivity contribution in [1.29, 1.82) is 0 Å². The molecular formula is C91H172NO8+. The number of carboxylic acids is 1. The van der Waals surface area contributed by atoms with Gasteiger partial charge in [0.05, 0.1) is 34.4 Å². The van der Waals surface area contributed by atoms with Gasteiger partial charge in [0.2, 0.25) is 0 Å². The van der Waals surface area contributed by atoms with Crippen LogP contribution >= 0.6 is 0 Å². The molecule has 0 bridgehead atoms. The fourth-order valence-electron chi connectivity index (χ4n) is 13.7. The van der Waals surface area contributed by atoms with Crippen molar-refractivity contribution in [2.45, 2.75) is 469 Å². The summed E-state index contributed by atoms with van der Waals surface area (Å²) in [6, 6.07) is 0. The van der Waals surface area contributed by atoms with E-state index >= 15 is 0 Å². The minimum Gasteiger partial charge on any atom is -0.477 e. The van der Waals surface area contributed by atoms with Crippen molar-refractivity contribution in [2.24, 2.45) is 0 Å². The van der Waals surface area contributed by atoms with Crippen molar-refractivity contribution in [1.82, 2.24) is 0 Å². The lowest BCUT2D eigenvalue weighted by Crippen LogP contribution is -2.40. The smallest absolute Gasteiger partial charge is 0.361 e. The molecule has 2 atom stereocenters. The van der Waals surface area contributed by atoms with E-state index in [0.29, 0.717) is 17.4 Å². The monoisotopic (exact) mass is 1410 g/mol. The Morgan fingerprint density at radius 1 is 0.310 bits per heavy atom. The van der Waals surface area contributed by atoms with E-state index in [9.17, 15) is 19.5 Å². The summed E-state index contributed by atoms with van der Waals surface area (Å²) < 4.78 is 23.1. The van der Waals surface area contributed by atoms with E-state index < -0.39 is 18.4 Å². The van der Waals surface area contributed by atoms with E-state index in [4.69, 9.17) is 18.9 Å². The first-order valence-electron chi connectivity index (χ1n) is 44.3. The minimum atomic E-state index is -1.51. The highest BCUT2D eigenvalue weighted by atomic mass is 16.7. The van der Waals surface area contributed by atoms with Gasteiger partial charge >= 0.3 is 17.9 Å². The third kappa shape index (κ3) is 82.5. The van der Waals surface area contributed by atoms with Crippen LogP contribution in [0.25, 0.3) is 0 Å². The largest absolute Gasteiger partial charge is 0.477 e. The quantitative estimate of drug-likeness (QED) is 0.0211. The number of carbonyl (C=O) groups excluding carboxylic acids is 2. The number of hydrogen-bond acceptors (Lipinski definition) is 7. The van der Waals surface area contributed by atoms with Crippen molar-refractivity contribution < 1.29 is 42.9 Å². The first-order valence-corrected chi connectivity index (χ1v) is 44.3. The van der Waals surface area contributed by atoms with Crippen LogP contribution in [0.5, 0.6) is 0 Å². The van der Waals surface area contributed by atoms with Crippen LogP contribution in [-0.4, -0.2) is 87.4 Å². The van der Waals surface area contributed by atoms with Crippen molar-refractivity contribution in [3.05, 3.63) is 48.6 Å². The van der Waals surface area contributed by atoms with Gasteiger partial charge in [-0.05, 0) is 51.4 Å². The lowest BCUT2D eigenvalue weighted by atomic mass is 10.0. The molecule has 2 unspecified atom stereocenters. The van der Waals surface area contributed by atoms with Gasteiger partial charge in [-0.25, -0.2) is 4.79 Å². The molecule has 0 aliphatic heterocycles. The number of esters is 2. The number of allylic oxidation sites excluding steroid dienone is 8. The number of ether oxygens (including phenoxy) is 4. The maximum absolute atomic E-state index is 13.0. The number of rotatable bonds is 84. The SMILES string of the molecule is CC/C=C\C/C=C\C/C=C\C/C=C\CCCCCCCCCCCCCCCCCCCCCCCCCCCCC(=O)OC(COC(=O)CCCCCCCCCCCCCCCCCCCCCCCCCCCCCCCCCCCCCC)COC(OCC[N+](C)(C)C)C(=O)O. The predicted octanol–water partition coefficient (Wildman–Crippen LogP) is 28.8. The zero-order chi connectivity index (χ0) is 72.5. The lowest BCUT2D eigenvalue weighted by molar-refractivity contribution is -0.870. The zero-order valence-corrected chi connectivity index (χ0v) is 67.6. The van der Waals surface area contributed by atoms with Gasteiger partial charge in [0, 0.05) is 12.8 Å². The van der Waals surface area contributed by atoms with E-state index in [1.54, 1.807) is 0 Å². The maximum Gasteiger partial charge on any atom is 0.361 e. The molecule has 0 saturated carbocycles. The molecule has 0 rings (SSSR count). The average Bonchev–Trinajstić information content (AvgIpc) is 1.08. The van der Waals surface area contributed by atoms with E-state index in [0.717, 1.165) is 64.2 Å². The molecule has 0 fully saturated rings. The standard InChI is InChI=1S/C91H171NO8/c1-6-8-10-12-14-16-18-20-22-24-26-28-30-32-34-36-38-40-42-44-45-46-48-50-52-54-56-58-60-62-64-66-68-70-72-74-76-78-80-82-89(94)100-87(86-99-91(90(95)96)97-84-83-92(3,4)5)85-98-88(93)81-79-77-75-73-71-69-67-65-63-61-59-57-55-53-51-49-47-43-41-39-37-35-33-31-29-27-25-23-21-19-17-15-13-11-9-7-2/h8,10,14,16,20,22,26,28,87,91H,6-7,9,11-13,15,17-19,21,23-25,27,29-86H2,1-5H3/p+1/b10-8-,16-14-,22-20-,28-26-. The molecule has 9 nitrogen and oxygen atoms in total. The summed E-state index contributed by atoms with van der Waals surface area (Å²) in [5, 5.41) is 9.79. The first-order chi connectivity index (χ1) is 49.1. The number of carboxylic acid groups (broad SMARTS) is 1. The van der Waals surface area contributed by atoms with Crippen molar-refractivity contribution in [3.8, 4) is 0 Å². The summed E-state index contributed by atoms with van der Waals surface area (Å²) in [6.07, 6.45) is 106. The number of likely N-dealkylation sites (N-methyl/N-ethyl adjacent to an activating group) is 1. The minimum absolute atomic E-state index is 0.174. The van der Waals surface area contributed by atoms with Crippen LogP contribution in [0.3, 0.4) is 0 Å². The van der Waals surface area contributed by atoms with Gasteiger partial charge in [0.25, 0.3) is 6.29 Å². The summed E-state index contributed by atoms with van der Waals surface area (Å²) in [5.41, 5.74) is 0. The topological polar surface area (TPSA) is 108 Å². The molecule has 0 radical (unpaired) electrons. The number of carbonyl (C=O) groups is 3. The summed E-state index contributed by atoms with van der Waals surface area (Å²) in [5.74, 6) is -1.97.